The van der Waals surface area contributed by atoms with Gasteiger partial charge in [0, 0.05) is 36.7 Å². The van der Waals surface area contributed by atoms with Gasteiger partial charge < -0.3 is 25.3 Å². The molecule has 4 aromatic rings. The fourth-order valence-corrected chi connectivity index (χ4v) is 3.70. The molecule has 160 valence electrons. The number of fused-ring (bicyclic) bond motifs is 2. The molecular weight excluding hydrogens is 394 g/mol. The average Bonchev–Trinajstić information content (AvgIpc) is 3.11. The molecule has 2 aromatic carbocycles. The highest BCUT2D eigenvalue weighted by molar-refractivity contribution is 6.04. The Bertz CT molecular complexity index is 1310. The van der Waals surface area contributed by atoms with Gasteiger partial charge in [0.25, 0.3) is 11.5 Å². The Morgan fingerprint density at radius 3 is 2.71 bits per heavy atom. The van der Waals surface area contributed by atoms with Crippen LogP contribution in [0.1, 0.15) is 23.7 Å². The minimum absolute atomic E-state index is 0.0790. The van der Waals surface area contributed by atoms with Crippen molar-refractivity contribution < 1.29 is 9.53 Å². The number of hydrogen-bond acceptors (Lipinski definition) is 5. The van der Waals surface area contributed by atoms with E-state index in [2.05, 4.69) is 15.0 Å². The lowest BCUT2D eigenvalue weighted by Crippen LogP contribution is -2.34. The average molecular weight is 419 g/mol. The molecule has 0 unspecified atom stereocenters. The first kappa shape index (κ1) is 20.6. The van der Waals surface area contributed by atoms with Crippen LogP contribution in [0.5, 0.6) is 0 Å². The van der Waals surface area contributed by atoms with E-state index in [0.29, 0.717) is 53.1 Å². The molecule has 0 atom stereocenters. The lowest BCUT2D eigenvalue weighted by atomic mass is 10.1. The maximum atomic E-state index is 13.0. The van der Waals surface area contributed by atoms with Crippen LogP contribution in [0.15, 0.2) is 47.3 Å². The zero-order valence-electron chi connectivity index (χ0n) is 17.6. The van der Waals surface area contributed by atoms with E-state index >= 15 is 0 Å². The second-order valence-electron chi connectivity index (χ2n) is 7.39. The summed E-state index contributed by atoms with van der Waals surface area (Å²) in [6, 6.07) is 12.6. The molecule has 0 aliphatic carbocycles. The van der Waals surface area contributed by atoms with Crippen molar-refractivity contribution in [3.8, 4) is 11.4 Å². The first-order valence-electron chi connectivity index (χ1n) is 10.2. The number of amides is 1. The van der Waals surface area contributed by atoms with E-state index in [0.717, 1.165) is 11.9 Å². The van der Waals surface area contributed by atoms with Crippen LogP contribution in [0.4, 0.5) is 5.69 Å². The topological polar surface area (TPSA) is 117 Å². The molecule has 1 amide bonds. The minimum Gasteiger partial charge on any atom is -0.396 e. The smallest absolute Gasteiger partial charge is 0.276 e. The highest BCUT2D eigenvalue weighted by atomic mass is 16.5. The molecule has 2 aromatic heterocycles. The van der Waals surface area contributed by atoms with Gasteiger partial charge in [0.1, 0.15) is 0 Å². The minimum atomic E-state index is -0.332. The normalized spacial score (nSPS) is 11.3. The van der Waals surface area contributed by atoms with Crippen molar-refractivity contribution >= 4 is 33.5 Å². The summed E-state index contributed by atoms with van der Waals surface area (Å²) < 4.78 is 5.13. The lowest BCUT2D eigenvalue weighted by Gasteiger charge is -2.21. The zero-order chi connectivity index (χ0) is 22.0. The number of aromatic nitrogens is 3. The van der Waals surface area contributed by atoms with Gasteiger partial charge >= 0.3 is 0 Å². The number of rotatable bonds is 7. The van der Waals surface area contributed by atoms with Gasteiger partial charge in [-0.05, 0) is 36.8 Å². The van der Waals surface area contributed by atoms with E-state index in [9.17, 15) is 9.59 Å². The second kappa shape index (κ2) is 8.61. The summed E-state index contributed by atoms with van der Waals surface area (Å²) in [5.74, 6) is -0.0790. The third kappa shape index (κ3) is 3.89. The van der Waals surface area contributed by atoms with Crippen LogP contribution < -0.4 is 11.3 Å². The molecule has 0 aliphatic heterocycles. The Hall–Kier alpha value is -3.65. The lowest BCUT2D eigenvalue weighted by molar-refractivity contribution is 0.0696. The van der Waals surface area contributed by atoms with Gasteiger partial charge in [0.2, 0.25) is 0 Å². The number of methoxy groups -OCH3 is 1. The molecule has 8 heteroatoms. The number of nitrogens with one attached hydrogen (secondary N) is 2. The largest absolute Gasteiger partial charge is 0.396 e. The molecule has 0 radical (unpaired) electrons. The number of anilines is 1. The van der Waals surface area contributed by atoms with Gasteiger partial charge in [-0.1, -0.05) is 19.1 Å². The zero-order valence-corrected chi connectivity index (χ0v) is 17.6. The number of carbonyl (C=O) groups excluding carboxylic acids is 1. The van der Waals surface area contributed by atoms with Crippen molar-refractivity contribution in [2.75, 3.05) is 32.5 Å². The number of ether oxygens (including phenoxy) is 1. The molecule has 0 saturated carbocycles. The third-order valence-corrected chi connectivity index (χ3v) is 5.27. The van der Waals surface area contributed by atoms with Gasteiger partial charge in [-0.2, -0.15) is 0 Å². The molecule has 4 rings (SSSR count). The Morgan fingerprint density at radius 2 is 1.94 bits per heavy atom. The first-order chi connectivity index (χ1) is 15.0. The van der Waals surface area contributed by atoms with E-state index in [1.807, 2.05) is 25.1 Å². The van der Waals surface area contributed by atoms with Gasteiger partial charge in [0.05, 0.1) is 29.0 Å². The maximum absolute atomic E-state index is 13.0. The number of H-pyrrole nitrogens is 2. The van der Waals surface area contributed by atoms with Crippen LogP contribution in [0.2, 0.25) is 0 Å². The van der Waals surface area contributed by atoms with E-state index < -0.39 is 0 Å². The Morgan fingerprint density at radius 1 is 1.13 bits per heavy atom. The van der Waals surface area contributed by atoms with E-state index in [1.54, 1.807) is 36.3 Å². The van der Waals surface area contributed by atoms with Gasteiger partial charge in [0.15, 0.2) is 5.69 Å². The van der Waals surface area contributed by atoms with Crippen molar-refractivity contribution in [1.29, 1.82) is 0 Å². The number of hydrogen-bond donors (Lipinski definition) is 3. The van der Waals surface area contributed by atoms with Crippen LogP contribution in [0.3, 0.4) is 0 Å². The standard InChI is InChI=1S/C23H25N5O3/c1-3-10-28(11-12-31-2)23(30)14-8-9-16-15(13-14)19(24)20(25-16)21-22(29)27-18-7-5-4-6-17(18)26-21/h4-9,13,25H,3,10-12,24H2,1-2H3,(H,27,29). The van der Waals surface area contributed by atoms with Crippen LogP contribution >= 0.6 is 0 Å². The van der Waals surface area contributed by atoms with Crippen LogP contribution in [-0.2, 0) is 4.74 Å². The molecule has 2 heterocycles. The van der Waals surface area contributed by atoms with E-state index in [1.165, 1.54) is 0 Å². The van der Waals surface area contributed by atoms with Crippen LogP contribution in [0, 0.1) is 0 Å². The fraction of sp³-hybridized carbons (Fsp3) is 0.261. The molecule has 31 heavy (non-hydrogen) atoms. The SMILES string of the molecule is CCCN(CCOC)C(=O)c1ccc2[nH]c(-c3nc4ccccc4[nH]c3=O)c(N)c2c1. The van der Waals surface area contributed by atoms with Crippen molar-refractivity contribution in [3.05, 3.63) is 58.4 Å². The Labute approximate surface area is 179 Å². The summed E-state index contributed by atoms with van der Waals surface area (Å²) in [6.07, 6.45) is 0.852. The Balaban J connectivity index is 1.76. The number of carbonyl (C=O) groups is 1. The van der Waals surface area contributed by atoms with Crippen LogP contribution in [-0.4, -0.2) is 52.6 Å². The summed E-state index contributed by atoms with van der Waals surface area (Å²) in [5, 5.41) is 0.679. The number of para-hydroxylation sites is 2. The van der Waals surface area contributed by atoms with Crippen LogP contribution in [0.25, 0.3) is 33.3 Å². The van der Waals surface area contributed by atoms with Crippen molar-refractivity contribution in [2.24, 2.45) is 0 Å². The molecule has 0 fully saturated rings. The predicted octanol–water partition coefficient (Wildman–Crippen LogP) is 3.15. The predicted molar refractivity (Wildman–Crippen MR) is 122 cm³/mol. The molecule has 0 spiro atoms. The maximum Gasteiger partial charge on any atom is 0.276 e. The second-order valence-corrected chi connectivity index (χ2v) is 7.39. The van der Waals surface area contributed by atoms with Crippen molar-refractivity contribution in [3.63, 3.8) is 0 Å². The first-order valence-corrected chi connectivity index (χ1v) is 10.2. The molecule has 4 N–H and O–H groups in total. The van der Waals surface area contributed by atoms with E-state index in [4.69, 9.17) is 10.5 Å². The van der Waals surface area contributed by atoms with E-state index in [-0.39, 0.29) is 17.2 Å². The monoisotopic (exact) mass is 419 g/mol. The molecule has 0 aliphatic rings. The van der Waals surface area contributed by atoms with Gasteiger partial charge in [-0.3, -0.25) is 9.59 Å². The van der Waals surface area contributed by atoms with Gasteiger partial charge in [-0.15, -0.1) is 0 Å². The summed E-state index contributed by atoms with van der Waals surface area (Å²) in [7, 11) is 1.62. The van der Waals surface area contributed by atoms with Gasteiger partial charge in [-0.25, -0.2) is 4.98 Å². The molecular formula is C23H25N5O3. The number of benzene rings is 2. The highest BCUT2D eigenvalue weighted by Gasteiger charge is 2.19. The summed E-state index contributed by atoms with van der Waals surface area (Å²) in [5.41, 5.74) is 9.71. The number of aromatic amines is 2. The summed E-state index contributed by atoms with van der Waals surface area (Å²) in [4.78, 5) is 38.0. The highest BCUT2D eigenvalue weighted by Crippen LogP contribution is 2.31. The van der Waals surface area contributed by atoms with Crippen molar-refractivity contribution in [2.45, 2.75) is 13.3 Å². The Kier molecular flexibility index (Phi) is 5.73. The number of nitrogens with two attached hydrogens (primary N) is 1. The molecule has 0 saturated heterocycles. The number of nitrogen functional groups attached to an aromatic ring is 1. The molecule has 8 nitrogen and oxygen atoms in total. The quantitative estimate of drug-likeness (QED) is 0.425. The third-order valence-electron chi connectivity index (χ3n) is 5.27. The molecule has 0 bridgehead atoms. The number of nitrogens with zero attached hydrogens (tertiary/aromatic N) is 2. The summed E-state index contributed by atoms with van der Waals surface area (Å²) >= 11 is 0. The van der Waals surface area contributed by atoms with Crippen molar-refractivity contribution in [1.82, 2.24) is 19.9 Å². The summed E-state index contributed by atoms with van der Waals surface area (Å²) in [6.45, 7) is 3.66. The fourth-order valence-electron chi connectivity index (χ4n) is 3.70.